The number of nitrogens with one attached hydrogen (secondary N) is 5. The average Bonchev–Trinajstić information content (AvgIpc) is 4.00. The maximum atomic E-state index is 13.1. The van der Waals surface area contributed by atoms with Gasteiger partial charge in [0, 0.05) is 28.5 Å². The Labute approximate surface area is 337 Å². The van der Waals surface area contributed by atoms with Crippen LogP contribution >= 0.6 is 11.6 Å². The molecule has 1 aliphatic carbocycles. The van der Waals surface area contributed by atoms with E-state index in [1.54, 1.807) is 12.1 Å². The Morgan fingerprint density at radius 3 is 2.02 bits per heavy atom. The standard InChI is InChI=1S/C39H33ClF4N8O7/c1-57-34(56)30(20-45-32(54)33(55)46-26-12-16-29(17-13-26)59-28-14-8-25(41)9-15-28)48-31(53)22-2-10-27(11-3-22)47-35-49-36(51-37(50-35)58-21-39(42,43)44)52-38(18-19-38)23-4-6-24(40)7-5-23/h2-17,30H,18-21H2,1H3,(H,45,54)(H,46,55)(H,48,53)(H2,47,49,50,51,52)/t30-/m0/s1. The molecule has 0 saturated heterocycles. The Morgan fingerprint density at radius 1 is 0.797 bits per heavy atom. The third-order valence-corrected chi connectivity index (χ3v) is 8.76. The molecule has 59 heavy (non-hydrogen) atoms. The minimum absolute atomic E-state index is 0.0507. The van der Waals surface area contributed by atoms with E-state index in [-0.39, 0.29) is 23.1 Å². The summed E-state index contributed by atoms with van der Waals surface area (Å²) >= 11 is 6.03. The quantitative estimate of drug-likeness (QED) is 0.0452. The van der Waals surface area contributed by atoms with Gasteiger partial charge >= 0.3 is 30.0 Å². The molecule has 0 aliphatic heterocycles. The number of benzene rings is 4. The molecule has 0 radical (unpaired) electrons. The number of carbonyl (C=O) groups excluding carboxylic acids is 4. The van der Waals surface area contributed by atoms with Gasteiger partial charge in [-0.25, -0.2) is 9.18 Å². The van der Waals surface area contributed by atoms with Crippen LogP contribution in [0.3, 0.4) is 0 Å². The second kappa shape index (κ2) is 18.1. The lowest BCUT2D eigenvalue weighted by atomic mass is 10.1. The zero-order chi connectivity index (χ0) is 42.2. The Balaban J connectivity index is 1.05. The number of hydrogen-bond donors (Lipinski definition) is 5. The fourth-order valence-electron chi connectivity index (χ4n) is 5.39. The van der Waals surface area contributed by atoms with Crippen molar-refractivity contribution in [1.29, 1.82) is 0 Å². The molecule has 0 spiro atoms. The molecule has 20 heteroatoms. The van der Waals surface area contributed by atoms with E-state index in [0.29, 0.717) is 35.1 Å². The van der Waals surface area contributed by atoms with E-state index in [4.69, 9.17) is 25.8 Å². The lowest BCUT2D eigenvalue weighted by Gasteiger charge is -2.19. The molecule has 1 aliphatic rings. The number of carbonyl (C=O) groups is 4. The van der Waals surface area contributed by atoms with Crippen molar-refractivity contribution in [2.24, 2.45) is 0 Å². The summed E-state index contributed by atoms with van der Waals surface area (Å²) in [6.45, 7) is -2.15. The number of aromatic nitrogens is 3. The Hall–Kier alpha value is -7.02. The summed E-state index contributed by atoms with van der Waals surface area (Å²) in [6, 6.07) is 22.0. The summed E-state index contributed by atoms with van der Waals surface area (Å²) in [7, 11) is 1.07. The van der Waals surface area contributed by atoms with E-state index in [2.05, 4.69) is 41.5 Å². The Bertz CT molecular complexity index is 2300. The van der Waals surface area contributed by atoms with Gasteiger partial charge < -0.3 is 40.8 Å². The minimum Gasteiger partial charge on any atom is -0.467 e. The predicted octanol–water partition coefficient (Wildman–Crippen LogP) is 6.27. The Kier molecular flexibility index (Phi) is 12.7. The van der Waals surface area contributed by atoms with Crippen molar-refractivity contribution in [3.8, 4) is 17.5 Å². The summed E-state index contributed by atoms with van der Waals surface area (Å²) in [5.74, 6) is -3.71. The van der Waals surface area contributed by atoms with Gasteiger partial charge in [-0.1, -0.05) is 23.7 Å². The molecule has 6 rings (SSSR count). The van der Waals surface area contributed by atoms with E-state index < -0.39 is 66.4 Å². The molecule has 1 atom stereocenters. The number of hydrogen-bond acceptors (Lipinski definition) is 12. The highest BCUT2D eigenvalue weighted by Gasteiger charge is 2.45. The van der Waals surface area contributed by atoms with Crippen molar-refractivity contribution in [3.63, 3.8) is 0 Å². The van der Waals surface area contributed by atoms with Crippen LogP contribution in [-0.2, 0) is 24.7 Å². The normalized spacial score (nSPS) is 13.3. The van der Waals surface area contributed by atoms with E-state index in [1.165, 1.54) is 72.8 Å². The summed E-state index contributed by atoms with van der Waals surface area (Å²) in [4.78, 5) is 63.1. The molecule has 3 amide bonds. The molecule has 15 nitrogen and oxygen atoms in total. The largest absolute Gasteiger partial charge is 0.467 e. The number of ether oxygens (including phenoxy) is 3. The first-order valence-electron chi connectivity index (χ1n) is 17.6. The number of alkyl halides is 3. The number of amides is 3. The van der Waals surface area contributed by atoms with Crippen molar-refractivity contribution < 1.29 is 51.0 Å². The molecule has 5 N–H and O–H groups in total. The monoisotopic (exact) mass is 836 g/mol. The molecule has 5 aromatic rings. The molecule has 1 aromatic heterocycles. The average molecular weight is 837 g/mol. The molecular weight excluding hydrogens is 804 g/mol. The van der Waals surface area contributed by atoms with Crippen LogP contribution in [0.25, 0.3) is 0 Å². The SMILES string of the molecule is COC(=O)[C@H](CNC(=O)C(=O)Nc1ccc(Oc2ccc(F)cc2)cc1)NC(=O)c1ccc(Nc2nc(NC3(c4ccc(Cl)cc4)CC3)nc(OCC(F)(F)F)n2)cc1. The highest BCUT2D eigenvalue weighted by atomic mass is 35.5. The molecule has 4 aromatic carbocycles. The van der Waals surface area contributed by atoms with Crippen LogP contribution in [0.5, 0.6) is 17.5 Å². The van der Waals surface area contributed by atoms with Crippen molar-refractivity contribution in [1.82, 2.24) is 25.6 Å². The fraction of sp³-hybridized carbons (Fsp3) is 0.205. The van der Waals surface area contributed by atoms with E-state index in [0.717, 1.165) is 12.7 Å². The maximum Gasteiger partial charge on any atom is 0.422 e. The highest BCUT2D eigenvalue weighted by Crippen LogP contribution is 2.48. The zero-order valence-electron chi connectivity index (χ0n) is 30.7. The molecule has 0 bridgehead atoms. The van der Waals surface area contributed by atoms with Gasteiger partial charge in [0.15, 0.2) is 6.61 Å². The van der Waals surface area contributed by atoms with Gasteiger partial charge in [-0.05, 0) is 103 Å². The molecular formula is C39H33ClF4N8O7. The van der Waals surface area contributed by atoms with Gasteiger partial charge in [0.1, 0.15) is 23.4 Å². The van der Waals surface area contributed by atoms with Crippen LogP contribution in [0.1, 0.15) is 28.8 Å². The van der Waals surface area contributed by atoms with Gasteiger partial charge in [-0.3, -0.25) is 14.4 Å². The van der Waals surface area contributed by atoms with Crippen LogP contribution in [0, 0.1) is 5.82 Å². The predicted molar refractivity (Wildman–Crippen MR) is 205 cm³/mol. The number of anilines is 4. The number of nitrogens with zero attached hydrogens (tertiary/aromatic N) is 3. The first kappa shape index (κ1) is 41.6. The number of esters is 1. The first-order valence-corrected chi connectivity index (χ1v) is 17.9. The number of halogens is 5. The summed E-state index contributed by atoms with van der Waals surface area (Å²) < 4.78 is 67.3. The van der Waals surface area contributed by atoms with E-state index >= 15 is 0 Å². The molecule has 0 unspecified atom stereocenters. The maximum absolute atomic E-state index is 13.1. The van der Waals surface area contributed by atoms with Crippen LogP contribution in [0.4, 0.5) is 40.8 Å². The van der Waals surface area contributed by atoms with Crippen LogP contribution in [0.15, 0.2) is 97.1 Å². The minimum atomic E-state index is -4.65. The van der Waals surface area contributed by atoms with Crippen LogP contribution in [0.2, 0.25) is 5.02 Å². The molecule has 1 heterocycles. The number of methoxy groups -OCH3 is 1. The fourth-order valence-corrected chi connectivity index (χ4v) is 5.52. The lowest BCUT2D eigenvalue weighted by Crippen LogP contribution is -2.50. The van der Waals surface area contributed by atoms with Gasteiger partial charge in [0.25, 0.3) is 5.91 Å². The van der Waals surface area contributed by atoms with Crippen molar-refractivity contribution in [2.45, 2.75) is 30.6 Å². The summed E-state index contributed by atoms with van der Waals surface area (Å²) in [5, 5.41) is 13.7. The van der Waals surface area contributed by atoms with Gasteiger partial charge in [-0.2, -0.15) is 28.1 Å². The van der Waals surface area contributed by atoms with Crippen molar-refractivity contribution in [3.05, 3.63) is 119 Å². The van der Waals surface area contributed by atoms with Gasteiger partial charge in [0.2, 0.25) is 11.9 Å². The second-order valence-electron chi connectivity index (χ2n) is 12.9. The zero-order valence-corrected chi connectivity index (χ0v) is 31.5. The summed E-state index contributed by atoms with van der Waals surface area (Å²) in [6.07, 6.45) is -3.27. The number of rotatable bonds is 15. The third-order valence-electron chi connectivity index (χ3n) is 8.51. The van der Waals surface area contributed by atoms with Crippen molar-refractivity contribution in [2.75, 3.05) is 36.2 Å². The van der Waals surface area contributed by atoms with Gasteiger partial charge in [0.05, 0.1) is 12.6 Å². The first-order chi connectivity index (χ1) is 28.2. The highest BCUT2D eigenvalue weighted by molar-refractivity contribution is 6.39. The Morgan fingerprint density at radius 2 is 1.41 bits per heavy atom. The van der Waals surface area contributed by atoms with Gasteiger partial charge in [-0.15, -0.1) is 0 Å². The molecule has 1 saturated carbocycles. The lowest BCUT2D eigenvalue weighted by molar-refractivity contribution is -0.154. The summed E-state index contributed by atoms with van der Waals surface area (Å²) in [5.41, 5.74) is 0.926. The van der Waals surface area contributed by atoms with Crippen molar-refractivity contribution >= 4 is 58.6 Å². The van der Waals surface area contributed by atoms with E-state index in [1.807, 2.05) is 12.1 Å². The smallest absolute Gasteiger partial charge is 0.422 e. The second-order valence-corrected chi connectivity index (χ2v) is 13.3. The van der Waals surface area contributed by atoms with Crippen LogP contribution in [-0.4, -0.2) is 71.1 Å². The molecule has 306 valence electrons. The van der Waals surface area contributed by atoms with Crippen LogP contribution < -0.4 is 36.1 Å². The topological polar surface area (TPSA) is 195 Å². The van der Waals surface area contributed by atoms with E-state index in [9.17, 15) is 36.7 Å². The third kappa shape index (κ3) is 11.8. The molecule has 1 fully saturated rings.